The number of hydrogen-bond acceptors (Lipinski definition) is 2. The van der Waals surface area contributed by atoms with E-state index in [2.05, 4.69) is 10.2 Å². The van der Waals surface area contributed by atoms with Crippen LogP contribution in [0.3, 0.4) is 0 Å². The van der Waals surface area contributed by atoms with E-state index in [4.69, 9.17) is 11.6 Å². The van der Waals surface area contributed by atoms with Gasteiger partial charge in [-0.2, -0.15) is 10.2 Å². The predicted octanol–water partition coefficient (Wildman–Crippen LogP) is 4.06. The molecule has 0 aliphatic heterocycles. The fourth-order valence-corrected chi connectivity index (χ4v) is 1.65. The minimum absolute atomic E-state index is 0.312. The maximum Gasteiger partial charge on any atom is 0.134 e. The molecule has 2 nitrogen and oxygen atoms in total. The highest BCUT2D eigenvalue weighted by Gasteiger charge is 2.08. The Balaban J connectivity index is 2.40. The van der Waals surface area contributed by atoms with Crippen molar-refractivity contribution in [2.24, 2.45) is 0 Å². The first-order valence-electron chi connectivity index (χ1n) is 5.37. The fourth-order valence-electron chi connectivity index (χ4n) is 1.49. The quantitative estimate of drug-likeness (QED) is 0.803. The summed E-state index contributed by atoms with van der Waals surface area (Å²) in [5, 5.41) is 8.47. The lowest BCUT2D eigenvalue weighted by Crippen LogP contribution is -1.97. The van der Waals surface area contributed by atoms with Crippen molar-refractivity contribution in [1.29, 1.82) is 0 Å². The molecule has 2 aromatic rings. The summed E-state index contributed by atoms with van der Waals surface area (Å²) in [5.41, 5.74) is 1.82. The van der Waals surface area contributed by atoms with Crippen molar-refractivity contribution in [2.75, 3.05) is 0 Å². The molecular weight excluding hydrogens is 239 g/mol. The zero-order chi connectivity index (χ0) is 12.4. The normalized spacial score (nSPS) is 10.9. The highest BCUT2D eigenvalue weighted by Crippen LogP contribution is 2.24. The number of nitrogens with zero attached hydrogens (tertiary/aromatic N) is 2. The standard InChI is InChI=1S/C13H12ClFN2/c1-8(2)12-5-6-13(17-16-12)10-4-3-9(14)7-11(10)15/h3-8H,1-2H3. The Morgan fingerprint density at radius 1 is 1.12 bits per heavy atom. The van der Waals surface area contributed by atoms with Gasteiger partial charge in [0.1, 0.15) is 5.82 Å². The molecule has 2 rings (SSSR count). The van der Waals surface area contributed by atoms with Crippen LogP contribution < -0.4 is 0 Å². The molecule has 0 amide bonds. The average Bonchev–Trinajstić information content (AvgIpc) is 2.29. The van der Waals surface area contributed by atoms with E-state index < -0.39 is 0 Å². The second kappa shape index (κ2) is 4.80. The Morgan fingerprint density at radius 2 is 1.88 bits per heavy atom. The molecule has 0 radical (unpaired) electrons. The molecule has 0 spiro atoms. The van der Waals surface area contributed by atoms with Gasteiger partial charge in [0.25, 0.3) is 0 Å². The van der Waals surface area contributed by atoms with Crippen molar-refractivity contribution >= 4 is 11.6 Å². The summed E-state index contributed by atoms with van der Waals surface area (Å²) >= 11 is 5.70. The third-order valence-corrected chi connectivity index (χ3v) is 2.72. The van der Waals surface area contributed by atoms with Crippen LogP contribution in [0.2, 0.25) is 5.02 Å². The van der Waals surface area contributed by atoms with Crippen LogP contribution in [0.1, 0.15) is 25.5 Å². The molecule has 0 aliphatic carbocycles. The Bertz CT molecular complexity index is 523. The first-order chi connectivity index (χ1) is 8.08. The van der Waals surface area contributed by atoms with Crippen molar-refractivity contribution in [3.63, 3.8) is 0 Å². The second-order valence-electron chi connectivity index (χ2n) is 4.12. The monoisotopic (exact) mass is 250 g/mol. The summed E-state index contributed by atoms with van der Waals surface area (Å²) in [4.78, 5) is 0. The second-order valence-corrected chi connectivity index (χ2v) is 4.56. The lowest BCUT2D eigenvalue weighted by Gasteiger charge is -2.05. The molecule has 0 saturated carbocycles. The number of rotatable bonds is 2. The molecule has 0 aliphatic rings. The molecule has 1 heterocycles. The van der Waals surface area contributed by atoms with Crippen molar-refractivity contribution in [3.8, 4) is 11.3 Å². The van der Waals surface area contributed by atoms with E-state index in [1.807, 2.05) is 19.9 Å². The predicted molar refractivity (Wildman–Crippen MR) is 66.5 cm³/mol. The van der Waals surface area contributed by atoms with E-state index in [1.165, 1.54) is 6.07 Å². The van der Waals surface area contributed by atoms with Crippen LogP contribution in [-0.2, 0) is 0 Å². The lowest BCUT2D eigenvalue weighted by molar-refractivity contribution is 0.630. The van der Waals surface area contributed by atoms with E-state index in [-0.39, 0.29) is 5.82 Å². The van der Waals surface area contributed by atoms with Gasteiger partial charge in [0.05, 0.1) is 11.4 Å². The Kier molecular flexibility index (Phi) is 3.38. The summed E-state index contributed by atoms with van der Waals surface area (Å²) in [6.07, 6.45) is 0. The highest BCUT2D eigenvalue weighted by atomic mass is 35.5. The fraction of sp³-hybridized carbons (Fsp3) is 0.231. The first kappa shape index (κ1) is 12.0. The van der Waals surface area contributed by atoms with Gasteiger partial charge in [-0.25, -0.2) is 4.39 Å². The van der Waals surface area contributed by atoms with Crippen LogP contribution >= 0.6 is 11.6 Å². The summed E-state index contributed by atoms with van der Waals surface area (Å²) in [6, 6.07) is 8.15. The van der Waals surface area contributed by atoms with Gasteiger partial charge < -0.3 is 0 Å². The van der Waals surface area contributed by atoms with Crippen LogP contribution in [-0.4, -0.2) is 10.2 Å². The summed E-state index contributed by atoms with van der Waals surface area (Å²) in [6.45, 7) is 4.07. The number of halogens is 2. The van der Waals surface area contributed by atoms with Gasteiger partial charge >= 0.3 is 0 Å². The maximum absolute atomic E-state index is 13.6. The SMILES string of the molecule is CC(C)c1ccc(-c2ccc(Cl)cc2F)nn1. The Labute approximate surface area is 104 Å². The molecule has 0 saturated heterocycles. The van der Waals surface area contributed by atoms with E-state index >= 15 is 0 Å². The molecule has 88 valence electrons. The van der Waals surface area contributed by atoms with Gasteiger partial charge in [-0.15, -0.1) is 0 Å². The highest BCUT2D eigenvalue weighted by molar-refractivity contribution is 6.30. The third kappa shape index (κ3) is 2.61. The van der Waals surface area contributed by atoms with Crippen LogP contribution in [0.5, 0.6) is 0 Å². The molecule has 0 bridgehead atoms. The van der Waals surface area contributed by atoms with Crippen LogP contribution in [0.25, 0.3) is 11.3 Å². The van der Waals surface area contributed by atoms with E-state index in [9.17, 15) is 4.39 Å². The van der Waals surface area contributed by atoms with Crippen LogP contribution in [0.4, 0.5) is 4.39 Å². The number of hydrogen-bond donors (Lipinski definition) is 0. The van der Waals surface area contributed by atoms with Crippen molar-refractivity contribution in [2.45, 2.75) is 19.8 Å². The van der Waals surface area contributed by atoms with Gasteiger partial charge in [-0.3, -0.25) is 0 Å². The zero-order valence-electron chi connectivity index (χ0n) is 9.61. The van der Waals surface area contributed by atoms with E-state index in [0.717, 1.165) is 5.69 Å². The summed E-state index contributed by atoms with van der Waals surface area (Å²) in [7, 11) is 0. The number of benzene rings is 1. The van der Waals surface area contributed by atoms with Gasteiger partial charge in [-0.05, 0) is 36.2 Å². The topological polar surface area (TPSA) is 25.8 Å². The molecular formula is C13H12ClFN2. The third-order valence-electron chi connectivity index (χ3n) is 2.48. The van der Waals surface area contributed by atoms with Gasteiger partial charge in [-0.1, -0.05) is 25.4 Å². The Morgan fingerprint density at radius 3 is 2.41 bits per heavy atom. The minimum Gasteiger partial charge on any atom is -0.206 e. The molecule has 0 N–H and O–H groups in total. The average molecular weight is 251 g/mol. The summed E-state index contributed by atoms with van der Waals surface area (Å²) in [5.74, 6) is -0.0734. The Hall–Kier alpha value is -1.48. The molecule has 17 heavy (non-hydrogen) atoms. The molecule has 0 unspecified atom stereocenters. The van der Waals surface area contributed by atoms with E-state index in [0.29, 0.717) is 22.2 Å². The molecule has 4 heteroatoms. The van der Waals surface area contributed by atoms with E-state index in [1.54, 1.807) is 18.2 Å². The maximum atomic E-state index is 13.6. The van der Waals surface area contributed by atoms with Crippen molar-refractivity contribution in [1.82, 2.24) is 10.2 Å². The van der Waals surface area contributed by atoms with Crippen LogP contribution in [0, 0.1) is 5.82 Å². The molecule has 0 fully saturated rings. The van der Waals surface area contributed by atoms with Gasteiger partial charge in [0.15, 0.2) is 0 Å². The lowest BCUT2D eigenvalue weighted by atomic mass is 10.1. The summed E-state index contributed by atoms with van der Waals surface area (Å²) < 4.78 is 13.6. The smallest absolute Gasteiger partial charge is 0.134 e. The van der Waals surface area contributed by atoms with Gasteiger partial charge in [0.2, 0.25) is 0 Å². The zero-order valence-corrected chi connectivity index (χ0v) is 10.4. The van der Waals surface area contributed by atoms with Crippen molar-refractivity contribution < 1.29 is 4.39 Å². The largest absolute Gasteiger partial charge is 0.206 e. The molecule has 1 aromatic heterocycles. The molecule has 0 atom stereocenters. The first-order valence-corrected chi connectivity index (χ1v) is 5.75. The van der Waals surface area contributed by atoms with Crippen LogP contribution in [0.15, 0.2) is 30.3 Å². The van der Waals surface area contributed by atoms with Crippen molar-refractivity contribution in [3.05, 3.63) is 46.9 Å². The molecule has 1 aromatic carbocycles. The van der Waals surface area contributed by atoms with Gasteiger partial charge in [0, 0.05) is 10.6 Å². The number of aromatic nitrogens is 2. The minimum atomic E-state index is -0.385.